The Morgan fingerprint density at radius 2 is 2.10 bits per heavy atom. The minimum atomic E-state index is -4.54. The Balaban J connectivity index is 2.03. The molecule has 0 aliphatic heterocycles. The zero-order chi connectivity index (χ0) is 15.6. The Bertz CT molecular complexity index is 665. The summed E-state index contributed by atoms with van der Waals surface area (Å²) < 4.78 is 38.0. The van der Waals surface area contributed by atoms with Crippen LogP contribution >= 0.6 is 0 Å². The van der Waals surface area contributed by atoms with Gasteiger partial charge in [0.25, 0.3) is 0 Å². The zero-order valence-corrected chi connectivity index (χ0v) is 11.0. The molecular formula is C13H12F3N3O2. The number of aryl methyl sites for hydroxylation is 1. The van der Waals surface area contributed by atoms with Crippen molar-refractivity contribution in [3.8, 4) is 5.75 Å². The van der Waals surface area contributed by atoms with Gasteiger partial charge in [-0.15, -0.1) is 0 Å². The number of hydrogen-bond acceptors (Lipinski definition) is 3. The van der Waals surface area contributed by atoms with Gasteiger partial charge in [0.2, 0.25) is 5.91 Å². The van der Waals surface area contributed by atoms with E-state index in [1.54, 1.807) is 13.0 Å². The topological polar surface area (TPSA) is 67.2 Å². The number of benzene rings is 1. The Kier molecular flexibility index (Phi) is 3.88. The third kappa shape index (κ3) is 3.74. The average Bonchev–Trinajstić information content (AvgIpc) is 2.81. The number of nitrogens with zero attached hydrogens (tertiary/aromatic N) is 2. The van der Waals surface area contributed by atoms with Crippen LogP contribution in [0.25, 0.3) is 0 Å². The molecule has 1 aromatic heterocycles. The summed E-state index contributed by atoms with van der Waals surface area (Å²) in [7, 11) is 0. The SMILES string of the molecule is Cc1ccc(NC(=O)Cn2ccc(C(F)(F)F)n2)c(O)c1. The lowest BCUT2D eigenvalue weighted by Crippen LogP contribution is -2.19. The van der Waals surface area contributed by atoms with Gasteiger partial charge in [-0.05, 0) is 30.7 Å². The largest absolute Gasteiger partial charge is 0.506 e. The van der Waals surface area contributed by atoms with Crippen molar-refractivity contribution in [2.24, 2.45) is 0 Å². The number of alkyl halides is 3. The Morgan fingerprint density at radius 3 is 2.67 bits per heavy atom. The molecule has 0 unspecified atom stereocenters. The van der Waals surface area contributed by atoms with E-state index in [4.69, 9.17) is 0 Å². The van der Waals surface area contributed by atoms with Gasteiger partial charge >= 0.3 is 6.18 Å². The number of carbonyl (C=O) groups is 1. The van der Waals surface area contributed by atoms with Crippen LogP contribution in [0.2, 0.25) is 0 Å². The van der Waals surface area contributed by atoms with Crippen molar-refractivity contribution in [3.05, 3.63) is 41.7 Å². The molecule has 21 heavy (non-hydrogen) atoms. The fraction of sp³-hybridized carbons (Fsp3) is 0.231. The minimum absolute atomic E-state index is 0.111. The molecule has 0 spiro atoms. The lowest BCUT2D eigenvalue weighted by molar-refractivity contribution is -0.141. The lowest BCUT2D eigenvalue weighted by Gasteiger charge is -2.08. The maximum atomic E-state index is 12.4. The van der Waals surface area contributed by atoms with Crippen LogP contribution in [-0.2, 0) is 17.5 Å². The van der Waals surface area contributed by atoms with E-state index in [-0.39, 0.29) is 18.0 Å². The van der Waals surface area contributed by atoms with Crippen LogP contribution in [-0.4, -0.2) is 20.8 Å². The first-order valence-corrected chi connectivity index (χ1v) is 5.96. The van der Waals surface area contributed by atoms with E-state index in [1.807, 2.05) is 0 Å². The second kappa shape index (κ2) is 5.47. The molecule has 2 aromatic rings. The van der Waals surface area contributed by atoms with E-state index in [1.165, 1.54) is 12.1 Å². The van der Waals surface area contributed by atoms with Gasteiger partial charge in [-0.3, -0.25) is 9.48 Å². The van der Waals surface area contributed by atoms with E-state index in [2.05, 4.69) is 10.4 Å². The fourth-order valence-corrected chi connectivity index (χ4v) is 1.69. The molecule has 0 radical (unpaired) electrons. The smallest absolute Gasteiger partial charge is 0.435 e. The molecule has 1 amide bonds. The van der Waals surface area contributed by atoms with Gasteiger partial charge in [0.15, 0.2) is 5.69 Å². The van der Waals surface area contributed by atoms with E-state index >= 15 is 0 Å². The first-order valence-electron chi connectivity index (χ1n) is 5.96. The normalized spacial score (nSPS) is 11.4. The Morgan fingerprint density at radius 1 is 1.38 bits per heavy atom. The number of halogens is 3. The van der Waals surface area contributed by atoms with Crippen molar-refractivity contribution >= 4 is 11.6 Å². The van der Waals surface area contributed by atoms with Gasteiger partial charge in [0.1, 0.15) is 12.3 Å². The minimum Gasteiger partial charge on any atom is -0.506 e. The standard InChI is InChI=1S/C13H12F3N3O2/c1-8-2-3-9(10(20)6-8)17-12(21)7-19-5-4-11(18-19)13(14,15)16/h2-6,20H,7H2,1H3,(H,17,21). The lowest BCUT2D eigenvalue weighted by atomic mass is 10.2. The predicted molar refractivity (Wildman–Crippen MR) is 68.7 cm³/mol. The fourth-order valence-electron chi connectivity index (χ4n) is 1.69. The second-order valence-corrected chi connectivity index (χ2v) is 4.47. The highest BCUT2D eigenvalue weighted by atomic mass is 19.4. The molecule has 0 atom stereocenters. The molecule has 2 N–H and O–H groups in total. The number of rotatable bonds is 3. The Labute approximate surface area is 118 Å². The van der Waals surface area contributed by atoms with Crippen LogP contribution in [0.15, 0.2) is 30.5 Å². The summed E-state index contributed by atoms with van der Waals surface area (Å²) in [6, 6.07) is 5.44. The van der Waals surface area contributed by atoms with Crippen molar-refractivity contribution in [2.45, 2.75) is 19.6 Å². The molecule has 0 bridgehead atoms. The van der Waals surface area contributed by atoms with Crippen LogP contribution < -0.4 is 5.32 Å². The zero-order valence-electron chi connectivity index (χ0n) is 11.0. The molecule has 0 saturated heterocycles. The summed E-state index contributed by atoms with van der Waals surface area (Å²) in [6.45, 7) is 1.39. The van der Waals surface area contributed by atoms with Crippen LogP contribution in [0, 0.1) is 6.92 Å². The molecular weight excluding hydrogens is 287 g/mol. The summed E-state index contributed by atoms with van der Waals surface area (Å²) in [4.78, 5) is 11.7. The third-order valence-electron chi connectivity index (χ3n) is 2.66. The van der Waals surface area contributed by atoms with Gasteiger partial charge in [-0.1, -0.05) is 6.07 Å². The van der Waals surface area contributed by atoms with Gasteiger partial charge in [-0.25, -0.2) is 0 Å². The number of aromatic hydroxyl groups is 1. The molecule has 0 fully saturated rings. The maximum absolute atomic E-state index is 12.4. The first-order chi connectivity index (χ1) is 9.75. The molecule has 8 heteroatoms. The molecule has 0 aliphatic carbocycles. The molecule has 2 rings (SSSR count). The number of carbonyl (C=O) groups excluding carboxylic acids is 1. The molecule has 0 saturated carbocycles. The molecule has 1 aromatic carbocycles. The second-order valence-electron chi connectivity index (χ2n) is 4.47. The monoisotopic (exact) mass is 299 g/mol. The summed E-state index contributed by atoms with van der Waals surface area (Å²) in [5, 5.41) is 15.3. The van der Waals surface area contributed by atoms with Gasteiger partial charge < -0.3 is 10.4 Å². The Hall–Kier alpha value is -2.51. The number of phenols is 1. The molecule has 112 valence electrons. The number of anilines is 1. The molecule has 1 heterocycles. The van der Waals surface area contributed by atoms with Gasteiger partial charge in [0, 0.05) is 6.20 Å². The maximum Gasteiger partial charge on any atom is 0.435 e. The van der Waals surface area contributed by atoms with E-state index in [9.17, 15) is 23.1 Å². The highest BCUT2D eigenvalue weighted by Crippen LogP contribution is 2.27. The van der Waals surface area contributed by atoms with Crippen LogP contribution in [0.4, 0.5) is 18.9 Å². The predicted octanol–water partition coefficient (Wildman–Crippen LogP) is 2.55. The highest BCUT2D eigenvalue weighted by molar-refractivity contribution is 5.92. The van der Waals surface area contributed by atoms with Gasteiger partial charge in [-0.2, -0.15) is 18.3 Å². The van der Waals surface area contributed by atoms with Crippen molar-refractivity contribution in [1.82, 2.24) is 9.78 Å². The molecule has 0 aliphatic rings. The summed E-state index contributed by atoms with van der Waals surface area (Å²) in [5.74, 6) is -0.703. The number of phenolic OH excluding ortho intramolecular Hbond substituents is 1. The summed E-state index contributed by atoms with van der Waals surface area (Å²) in [6.07, 6.45) is -3.48. The van der Waals surface area contributed by atoms with Crippen molar-refractivity contribution in [2.75, 3.05) is 5.32 Å². The van der Waals surface area contributed by atoms with Crippen LogP contribution in [0.3, 0.4) is 0 Å². The van der Waals surface area contributed by atoms with Crippen LogP contribution in [0.1, 0.15) is 11.3 Å². The first kappa shape index (κ1) is 14.9. The number of amides is 1. The van der Waals surface area contributed by atoms with Crippen molar-refractivity contribution < 1.29 is 23.1 Å². The summed E-state index contributed by atoms with van der Waals surface area (Å²) in [5.41, 5.74) is -0.0605. The third-order valence-corrected chi connectivity index (χ3v) is 2.66. The summed E-state index contributed by atoms with van der Waals surface area (Å²) >= 11 is 0. The number of hydrogen-bond donors (Lipinski definition) is 2. The quantitative estimate of drug-likeness (QED) is 0.856. The van der Waals surface area contributed by atoms with Gasteiger partial charge in [0.05, 0.1) is 5.69 Å². The van der Waals surface area contributed by atoms with E-state index in [0.29, 0.717) is 0 Å². The number of aromatic nitrogens is 2. The number of nitrogens with one attached hydrogen (secondary N) is 1. The van der Waals surface area contributed by atoms with Crippen molar-refractivity contribution in [3.63, 3.8) is 0 Å². The van der Waals surface area contributed by atoms with E-state index < -0.39 is 17.8 Å². The van der Waals surface area contributed by atoms with Crippen LogP contribution in [0.5, 0.6) is 5.75 Å². The van der Waals surface area contributed by atoms with E-state index in [0.717, 1.165) is 22.5 Å². The van der Waals surface area contributed by atoms with Crippen molar-refractivity contribution in [1.29, 1.82) is 0 Å². The average molecular weight is 299 g/mol. The highest BCUT2D eigenvalue weighted by Gasteiger charge is 2.33. The molecule has 5 nitrogen and oxygen atoms in total.